The zero-order chi connectivity index (χ0) is 9.14. The molecule has 1 heterocycles. The Kier molecular flexibility index (Phi) is 2.78. The molecule has 0 bridgehead atoms. The van der Waals surface area contributed by atoms with Gasteiger partial charge in [0.25, 0.3) is 0 Å². The standard InChI is InChI=1S/C7H11BN2O2/c1-5(2)7-9-3-6(4-10-7)8(11)12/h3-5,11-12H,1-2H3. The summed E-state index contributed by atoms with van der Waals surface area (Å²) in [5.41, 5.74) is 0.319. The van der Waals surface area contributed by atoms with Crippen LogP contribution in [0.25, 0.3) is 0 Å². The molecule has 4 nitrogen and oxygen atoms in total. The van der Waals surface area contributed by atoms with Crippen molar-refractivity contribution < 1.29 is 10.0 Å². The van der Waals surface area contributed by atoms with Crippen molar-refractivity contribution >= 4 is 12.6 Å². The molecule has 0 atom stereocenters. The van der Waals surface area contributed by atoms with Crippen LogP contribution in [0.1, 0.15) is 25.6 Å². The minimum Gasteiger partial charge on any atom is -0.423 e. The monoisotopic (exact) mass is 166 g/mol. The number of hydrogen-bond donors (Lipinski definition) is 2. The maximum absolute atomic E-state index is 8.73. The Morgan fingerprint density at radius 1 is 1.25 bits per heavy atom. The van der Waals surface area contributed by atoms with Crippen molar-refractivity contribution in [2.24, 2.45) is 0 Å². The largest absolute Gasteiger partial charge is 0.491 e. The van der Waals surface area contributed by atoms with Crippen LogP contribution in [-0.4, -0.2) is 27.1 Å². The van der Waals surface area contributed by atoms with E-state index in [9.17, 15) is 0 Å². The van der Waals surface area contributed by atoms with E-state index in [2.05, 4.69) is 9.97 Å². The summed E-state index contributed by atoms with van der Waals surface area (Å²) in [6.45, 7) is 3.95. The molecule has 0 aliphatic carbocycles. The lowest BCUT2D eigenvalue weighted by Gasteiger charge is -2.03. The molecule has 0 aliphatic rings. The van der Waals surface area contributed by atoms with E-state index in [4.69, 9.17) is 10.0 Å². The summed E-state index contributed by atoms with van der Waals surface area (Å²) in [5.74, 6) is 0.967. The molecule has 0 radical (unpaired) electrons. The van der Waals surface area contributed by atoms with E-state index in [-0.39, 0.29) is 5.92 Å². The second-order valence-corrected chi connectivity index (χ2v) is 2.90. The molecule has 0 unspecified atom stereocenters. The summed E-state index contributed by atoms with van der Waals surface area (Å²) >= 11 is 0. The average molecular weight is 166 g/mol. The van der Waals surface area contributed by atoms with Crippen molar-refractivity contribution in [1.82, 2.24) is 9.97 Å². The van der Waals surface area contributed by atoms with Crippen molar-refractivity contribution in [3.05, 3.63) is 18.2 Å². The first-order valence-corrected chi connectivity index (χ1v) is 3.79. The fourth-order valence-electron chi connectivity index (χ4n) is 0.779. The Balaban J connectivity index is 2.86. The molecule has 0 spiro atoms. The summed E-state index contributed by atoms with van der Waals surface area (Å²) in [5, 5.41) is 17.5. The lowest BCUT2D eigenvalue weighted by atomic mass is 9.83. The topological polar surface area (TPSA) is 66.2 Å². The van der Waals surface area contributed by atoms with Crippen LogP contribution in [0.15, 0.2) is 12.4 Å². The van der Waals surface area contributed by atoms with E-state index in [1.54, 1.807) is 0 Å². The van der Waals surface area contributed by atoms with Crippen LogP contribution in [0.3, 0.4) is 0 Å². The van der Waals surface area contributed by atoms with E-state index < -0.39 is 7.12 Å². The van der Waals surface area contributed by atoms with Crippen LogP contribution < -0.4 is 5.46 Å². The van der Waals surface area contributed by atoms with Crippen LogP contribution in [-0.2, 0) is 0 Å². The smallest absolute Gasteiger partial charge is 0.423 e. The Bertz CT molecular complexity index is 221. The molecule has 64 valence electrons. The first kappa shape index (κ1) is 9.16. The second kappa shape index (κ2) is 3.64. The molecule has 12 heavy (non-hydrogen) atoms. The highest BCUT2D eigenvalue weighted by Crippen LogP contribution is 2.04. The van der Waals surface area contributed by atoms with Gasteiger partial charge in [-0.15, -0.1) is 0 Å². The molecule has 1 rings (SSSR count). The van der Waals surface area contributed by atoms with E-state index >= 15 is 0 Å². The number of nitrogens with zero attached hydrogens (tertiary/aromatic N) is 2. The Morgan fingerprint density at radius 3 is 2.08 bits per heavy atom. The predicted molar refractivity (Wildman–Crippen MR) is 45.9 cm³/mol. The lowest BCUT2D eigenvalue weighted by molar-refractivity contribution is 0.425. The number of hydrogen-bond acceptors (Lipinski definition) is 4. The van der Waals surface area contributed by atoms with E-state index in [0.717, 1.165) is 0 Å². The molecule has 0 saturated heterocycles. The first-order chi connectivity index (χ1) is 5.61. The fourth-order valence-corrected chi connectivity index (χ4v) is 0.779. The van der Waals surface area contributed by atoms with Gasteiger partial charge in [-0.25, -0.2) is 9.97 Å². The summed E-state index contributed by atoms with van der Waals surface area (Å²) in [6, 6.07) is 0. The van der Waals surface area contributed by atoms with Crippen molar-refractivity contribution in [3.63, 3.8) is 0 Å². The molecule has 1 aromatic heterocycles. The van der Waals surface area contributed by atoms with Gasteiger partial charge in [0.1, 0.15) is 5.82 Å². The normalized spacial score (nSPS) is 10.4. The average Bonchev–Trinajstić information content (AvgIpc) is 2.04. The zero-order valence-corrected chi connectivity index (χ0v) is 7.10. The first-order valence-electron chi connectivity index (χ1n) is 3.79. The number of aromatic nitrogens is 2. The lowest BCUT2D eigenvalue weighted by Crippen LogP contribution is -2.30. The van der Waals surface area contributed by atoms with Crippen LogP contribution in [0.5, 0.6) is 0 Å². The third kappa shape index (κ3) is 2.02. The molecule has 0 aliphatic heterocycles. The SMILES string of the molecule is CC(C)c1ncc(B(O)O)cn1. The minimum absolute atomic E-state index is 0.259. The van der Waals surface area contributed by atoms with Crippen molar-refractivity contribution in [2.75, 3.05) is 0 Å². The van der Waals surface area contributed by atoms with Crippen molar-refractivity contribution in [2.45, 2.75) is 19.8 Å². The Hall–Kier alpha value is -0.935. The summed E-state index contributed by atoms with van der Waals surface area (Å²) < 4.78 is 0. The van der Waals surface area contributed by atoms with Crippen LogP contribution in [0.4, 0.5) is 0 Å². The Labute approximate surface area is 71.4 Å². The third-order valence-electron chi connectivity index (χ3n) is 1.51. The van der Waals surface area contributed by atoms with Gasteiger partial charge in [-0.3, -0.25) is 0 Å². The van der Waals surface area contributed by atoms with Gasteiger partial charge in [-0.2, -0.15) is 0 Å². The maximum Gasteiger partial charge on any atom is 0.491 e. The molecular formula is C7H11BN2O2. The van der Waals surface area contributed by atoms with Crippen LogP contribution in [0, 0.1) is 0 Å². The van der Waals surface area contributed by atoms with E-state index in [0.29, 0.717) is 11.3 Å². The van der Waals surface area contributed by atoms with Gasteiger partial charge in [0, 0.05) is 23.8 Å². The van der Waals surface area contributed by atoms with Crippen LogP contribution in [0.2, 0.25) is 0 Å². The van der Waals surface area contributed by atoms with Gasteiger partial charge in [-0.05, 0) is 0 Å². The fraction of sp³-hybridized carbons (Fsp3) is 0.429. The molecular weight excluding hydrogens is 155 g/mol. The molecule has 5 heteroatoms. The summed E-state index contributed by atoms with van der Waals surface area (Å²) in [6.07, 6.45) is 2.85. The maximum atomic E-state index is 8.73. The predicted octanol–water partition coefficient (Wildman–Crippen LogP) is -0.720. The molecule has 0 fully saturated rings. The Morgan fingerprint density at radius 2 is 1.75 bits per heavy atom. The summed E-state index contributed by atoms with van der Waals surface area (Å²) in [4.78, 5) is 7.94. The van der Waals surface area contributed by atoms with Gasteiger partial charge >= 0.3 is 7.12 Å². The number of rotatable bonds is 2. The highest BCUT2D eigenvalue weighted by molar-refractivity contribution is 6.58. The molecule has 0 amide bonds. The third-order valence-corrected chi connectivity index (χ3v) is 1.51. The van der Waals surface area contributed by atoms with Gasteiger partial charge in [0.15, 0.2) is 0 Å². The molecule has 1 aromatic rings. The van der Waals surface area contributed by atoms with Gasteiger partial charge in [0.05, 0.1) is 0 Å². The highest BCUT2D eigenvalue weighted by Gasteiger charge is 2.12. The minimum atomic E-state index is -1.48. The van der Waals surface area contributed by atoms with E-state index in [1.165, 1.54) is 12.4 Å². The second-order valence-electron chi connectivity index (χ2n) is 2.90. The zero-order valence-electron chi connectivity index (χ0n) is 7.10. The van der Waals surface area contributed by atoms with Crippen LogP contribution >= 0.6 is 0 Å². The molecule has 2 N–H and O–H groups in total. The quantitative estimate of drug-likeness (QED) is 0.569. The van der Waals surface area contributed by atoms with Gasteiger partial charge < -0.3 is 10.0 Å². The van der Waals surface area contributed by atoms with Gasteiger partial charge in [-0.1, -0.05) is 13.8 Å². The highest BCUT2D eigenvalue weighted by atomic mass is 16.4. The van der Waals surface area contributed by atoms with Gasteiger partial charge in [0.2, 0.25) is 0 Å². The summed E-state index contributed by atoms with van der Waals surface area (Å²) in [7, 11) is -1.48. The van der Waals surface area contributed by atoms with E-state index in [1.807, 2.05) is 13.8 Å². The van der Waals surface area contributed by atoms with Crippen molar-refractivity contribution in [1.29, 1.82) is 0 Å². The van der Waals surface area contributed by atoms with Crippen molar-refractivity contribution in [3.8, 4) is 0 Å². The molecule has 0 aromatic carbocycles. The molecule has 0 saturated carbocycles.